The first kappa shape index (κ1) is 17.5. The number of carbonyl (C=O) groups is 1. The van der Waals surface area contributed by atoms with E-state index in [9.17, 15) is 9.90 Å². The summed E-state index contributed by atoms with van der Waals surface area (Å²) in [7, 11) is 0. The molecule has 0 unspecified atom stereocenters. The van der Waals surface area contributed by atoms with Gasteiger partial charge in [0.1, 0.15) is 5.75 Å². The molecule has 0 aliphatic carbocycles. The van der Waals surface area contributed by atoms with Crippen LogP contribution in [0.25, 0.3) is 0 Å². The predicted molar refractivity (Wildman–Crippen MR) is 92.8 cm³/mol. The fourth-order valence-electron chi connectivity index (χ4n) is 2.15. The molecule has 1 atom stereocenters. The van der Waals surface area contributed by atoms with Gasteiger partial charge in [-0.25, -0.2) is 0 Å². The van der Waals surface area contributed by atoms with E-state index >= 15 is 0 Å². The average molecular weight is 333 g/mol. The Morgan fingerprint density at radius 3 is 2.61 bits per heavy atom. The van der Waals surface area contributed by atoms with Crippen molar-refractivity contribution in [3.63, 3.8) is 0 Å². The Kier molecular flexibility index (Phi) is 6.62. The minimum atomic E-state index is -0.715. The number of rotatable bonds is 8. The Labute approximate surface area is 141 Å². The average Bonchev–Trinajstić information content (AvgIpc) is 3.04. The van der Waals surface area contributed by atoms with E-state index in [0.717, 1.165) is 17.7 Å². The maximum Gasteiger partial charge on any atom is 0.220 e. The van der Waals surface area contributed by atoms with Gasteiger partial charge in [-0.1, -0.05) is 12.1 Å². The molecule has 1 amide bonds. The minimum Gasteiger partial charge on any atom is -0.491 e. The molecule has 0 aliphatic heterocycles. The number of hydrogen-bond donors (Lipinski definition) is 2. The Hall–Kier alpha value is -1.85. The SMILES string of the molecule is CC(C)Oc1ccc([C@H](O)CNC(=O)CCc2ccsc2)cc1. The molecule has 0 spiro atoms. The second-order valence-electron chi connectivity index (χ2n) is 5.69. The van der Waals surface area contributed by atoms with Crippen LogP contribution in [-0.4, -0.2) is 23.7 Å². The molecule has 4 nitrogen and oxygen atoms in total. The molecule has 2 aromatic rings. The van der Waals surface area contributed by atoms with E-state index in [-0.39, 0.29) is 18.6 Å². The lowest BCUT2D eigenvalue weighted by molar-refractivity contribution is -0.121. The van der Waals surface area contributed by atoms with E-state index in [1.165, 1.54) is 5.56 Å². The van der Waals surface area contributed by atoms with Gasteiger partial charge in [-0.2, -0.15) is 11.3 Å². The van der Waals surface area contributed by atoms with Crippen LogP contribution in [0.1, 0.15) is 37.5 Å². The summed E-state index contributed by atoms with van der Waals surface area (Å²) < 4.78 is 5.56. The summed E-state index contributed by atoms with van der Waals surface area (Å²) in [6.45, 7) is 4.15. The molecule has 2 N–H and O–H groups in total. The van der Waals surface area contributed by atoms with Crippen LogP contribution in [0.15, 0.2) is 41.1 Å². The quantitative estimate of drug-likeness (QED) is 0.779. The van der Waals surface area contributed by atoms with Gasteiger partial charge >= 0.3 is 0 Å². The molecule has 2 rings (SSSR count). The normalized spacial score (nSPS) is 12.2. The van der Waals surface area contributed by atoms with Crippen molar-refractivity contribution in [3.8, 4) is 5.75 Å². The van der Waals surface area contributed by atoms with Crippen LogP contribution < -0.4 is 10.1 Å². The molecule has 0 radical (unpaired) electrons. The third-order valence-electron chi connectivity index (χ3n) is 3.35. The molecule has 0 bridgehead atoms. The van der Waals surface area contributed by atoms with Crippen LogP contribution in [0.3, 0.4) is 0 Å². The van der Waals surface area contributed by atoms with E-state index in [1.807, 2.05) is 54.9 Å². The van der Waals surface area contributed by atoms with Gasteiger partial charge in [0, 0.05) is 13.0 Å². The highest BCUT2D eigenvalue weighted by molar-refractivity contribution is 7.07. The van der Waals surface area contributed by atoms with Crippen molar-refractivity contribution in [2.45, 2.75) is 38.9 Å². The highest BCUT2D eigenvalue weighted by atomic mass is 32.1. The van der Waals surface area contributed by atoms with Crippen molar-refractivity contribution in [2.24, 2.45) is 0 Å². The third kappa shape index (κ3) is 6.04. The first-order chi connectivity index (χ1) is 11.0. The van der Waals surface area contributed by atoms with Gasteiger partial charge in [0.2, 0.25) is 5.91 Å². The summed E-state index contributed by atoms with van der Waals surface area (Å²) in [4.78, 5) is 11.8. The number of thiophene rings is 1. The highest BCUT2D eigenvalue weighted by Crippen LogP contribution is 2.18. The fourth-order valence-corrected chi connectivity index (χ4v) is 2.85. The van der Waals surface area contributed by atoms with Crippen LogP contribution in [0.4, 0.5) is 0 Å². The lowest BCUT2D eigenvalue weighted by Crippen LogP contribution is -2.28. The number of aryl methyl sites for hydroxylation is 1. The summed E-state index contributed by atoms with van der Waals surface area (Å²) in [5, 5.41) is 17.0. The highest BCUT2D eigenvalue weighted by Gasteiger charge is 2.10. The maximum absolute atomic E-state index is 11.8. The van der Waals surface area contributed by atoms with Crippen molar-refractivity contribution in [3.05, 3.63) is 52.2 Å². The van der Waals surface area contributed by atoms with Crippen molar-refractivity contribution in [2.75, 3.05) is 6.54 Å². The molecule has 1 aromatic heterocycles. The molecule has 1 aromatic carbocycles. The number of hydrogen-bond acceptors (Lipinski definition) is 4. The zero-order valence-electron chi connectivity index (χ0n) is 13.5. The van der Waals surface area contributed by atoms with Crippen LogP contribution in [0.5, 0.6) is 5.75 Å². The van der Waals surface area contributed by atoms with E-state index in [2.05, 4.69) is 5.32 Å². The van der Waals surface area contributed by atoms with Crippen LogP contribution >= 0.6 is 11.3 Å². The summed E-state index contributed by atoms with van der Waals surface area (Å²) in [5.74, 6) is 0.728. The van der Waals surface area contributed by atoms with Crippen LogP contribution in [0, 0.1) is 0 Å². The zero-order chi connectivity index (χ0) is 16.7. The van der Waals surface area contributed by atoms with Gasteiger partial charge in [-0.05, 0) is 60.4 Å². The topological polar surface area (TPSA) is 58.6 Å². The number of aliphatic hydroxyl groups is 1. The van der Waals surface area contributed by atoms with Gasteiger partial charge in [0.05, 0.1) is 12.2 Å². The standard InChI is InChI=1S/C18H23NO3S/c1-13(2)22-16-6-4-15(5-7-16)17(20)11-19-18(21)8-3-14-9-10-23-12-14/h4-7,9-10,12-13,17,20H,3,8,11H2,1-2H3,(H,19,21)/t17-/m1/s1. The van der Waals surface area contributed by atoms with Gasteiger partial charge in [0.25, 0.3) is 0 Å². The molecular formula is C18H23NO3S. The van der Waals surface area contributed by atoms with Crippen molar-refractivity contribution >= 4 is 17.2 Å². The molecule has 0 fully saturated rings. The minimum absolute atomic E-state index is 0.0463. The van der Waals surface area contributed by atoms with Gasteiger partial charge in [-0.15, -0.1) is 0 Å². The number of nitrogens with one attached hydrogen (secondary N) is 1. The number of ether oxygens (including phenoxy) is 1. The third-order valence-corrected chi connectivity index (χ3v) is 4.08. The smallest absolute Gasteiger partial charge is 0.220 e. The summed E-state index contributed by atoms with van der Waals surface area (Å²) in [5.41, 5.74) is 1.94. The largest absolute Gasteiger partial charge is 0.491 e. The Balaban J connectivity index is 1.75. The molecule has 0 saturated carbocycles. The molecule has 23 heavy (non-hydrogen) atoms. The van der Waals surface area contributed by atoms with Crippen molar-refractivity contribution in [1.82, 2.24) is 5.32 Å². The lowest BCUT2D eigenvalue weighted by Gasteiger charge is -2.14. The predicted octanol–water partition coefficient (Wildman–Crippen LogP) is 3.32. The Morgan fingerprint density at radius 2 is 2.00 bits per heavy atom. The Bertz CT molecular complexity index is 593. The van der Waals surface area contributed by atoms with E-state index in [4.69, 9.17) is 4.74 Å². The summed E-state index contributed by atoms with van der Waals surface area (Å²) in [6.07, 6.45) is 0.568. The van der Waals surface area contributed by atoms with Gasteiger partial charge in [-0.3, -0.25) is 4.79 Å². The molecule has 124 valence electrons. The summed E-state index contributed by atoms with van der Waals surface area (Å²) >= 11 is 1.63. The molecule has 0 saturated heterocycles. The zero-order valence-corrected chi connectivity index (χ0v) is 14.3. The van der Waals surface area contributed by atoms with Crippen LogP contribution in [0.2, 0.25) is 0 Å². The Morgan fingerprint density at radius 1 is 1.26 bits per heavy atom. The molecule has 5 heteroatoms. The maximum atomic E-state index is 11.8. The van der Waals surface area contributed by atoms with Crippen LogP contribution in [-0.2, 0) is 11.2 Å². The number of amides is 1. The first-order valence-electron chi connectivity index (χ1n) is 7.77. The van der Waals surface area contributed by atoms with E-state index < -0.39 is 6.10 Å². The second kappa shape index (κ2) is 8.70. The lowest BCUT2D eigenvalue weighted by atomic mass is 10.1. The van der Waals surface area contributed by atoms with Gasteiger partial charge < -0.3 is 15.2 Å². The summed E-state index contributed by atoms with van der Waals surface area (Å²) in [6, 6.07) is 9.32. The second-order valence-corrected chi connectivity index (χ2v) is 6.47. The number of benzene rings is 1. The fraction of sp³-hybridized carbons (Fsp3) is 0.389. The first-order valence-corrected chi connectivity index (χ1v) is 8.71. The molecule has 1 heterocycles. The van der Waals surface area contributed by atoms with Crippen molar-refractivity contribution in [1.29, 1.82) is 0 Å². The monoisotopic (exact) mass is 333 g/mol. The number of aliphatic hydroxyl groups excluding tert-OH is 1. The van der Waals surface area contributed by atoms with E-state index in [1.54, 1.807) is 11.3 Å². The number of carbonyl (C=O) groups excluding carboxylic acids is 1. The van der Waals surface area contributed by atoms with Gasteiger partial charge in [0.15, 0.2) is 0 Å². The molecule has 0 aliphatic rings. The van der Waals surface area contributed by atoms with E-state index in [0.29, 0.717) is 6.42 Å². The van der Waals surface area contributed by atoms with Crippen molar-refractivity contribution < 1.29 is 14.6 Å². The molecular weight excluding hydrogens is 310 g/mol.